The number of nitrogens with one attached hydrogen (secondary N) is 2. The topological polar surface area (TPSA) is 49.8 Å². The van der Waals surface area contributed by atoms with E-state index in [0.29, 0.717) is 0 Å². The number of aryl methyl sites for hydroxylation is 2. The number of nitrogens with zero attached hydrogens (tertiary/aromatic N) is 2. The fraction of sp³-hybridized carbons (Fsp3) is 0.0833. The zero-order valence-corrected chi connectivity index (χ0v) is 16.0. The van der Waals surface area contributed by atoms with Crippen LogP contribution in [0.5, 0.6) is 0 Å². The van der Waals surface area contributed by atoms with Crippen LogP contribution in [0.25, 0.3) is 11.3 Å². The van der Waals surface area contributed by atoms with Crippen LogP contribution in [-0.4, -0.2) is 9.97 Å². The van der Waals surface area contributed by atoms with Crippen LogP contribution in [0.3, 0.4) is 0 Å². The van der Waals surface area contributed by atoms with E-state index in [1.165, 1.54) is 5.56 Å². The highest BCUT2D eigenvalue weighted by atomic mass is 15.0. The number of aromatic nitrogens is 2. The van der Waals surface area contributed by atoms with Gasteiger partial charge < -0.3 is 10.6 Å². The fourth-order valence-electron chi connectivity index (χ4n) is 2.98. The summed E-state index contributed by atoms with van der Waals surface area (Å²) < 4.78 is 0. The molecule has 0 aliphatic rings. The quantitative estimate of drug-likeness (QED) is 0.438. The first-order valence-corrected chi connectivity index (χ1v) is 9.28. The van der Waals surface area contributed by atoms with Crippen LogP contribution < -0.4 is 10.6 Å². The molecule has 1 aromatic heterocycles. The summed E-state index contributed by atoms with van der Waals surface area (Å²) in [6, 6.07) is 28.6. The molecule has 0 fully saturated rings. The lowest BCUT2D eigenvalue weighted by molar-refractivity contribution is 1.06. The minimum atomic E-state index is 0.739. The molecular formula is C24H22N4. The molecule has 3 aromatic carbocycles. The van der Waals surface area contributed by atoms with Crippen molar-refractivity contribution in [2.24, 2.45) is 0 Å². The van der Waals surface area contributed by atoms with Crippen LogP contribution in [0.2, 0.25) is 0 Å². The van der Waals surface area contributed by atoms with Gasteiger partial charge in [-0.3, -0.25) is 0 Å². The summed E-state index contributed by atoms with van der Waals surface area (Å²) in [5, 5.41) is 6.76. The molecule has 0 saturated carbocycles. The van der Waals surface area contributed by atoms with Gasteiger partial charge in [0.05, 0.1) is 5.69 Å². The van der Waals surface area contributed by atoms with Gasteiger partial charge >= 0.3 is 0 Å². The van der Waals surface area contributed by atoms with Crippen molar-refractivity contribution in [2.75, 3.05) is 10.6 Å². The second-order valence-corrected chi connectivity index (χ2v) is 6.75. The molecule has 2 N–H and O–H groups in total. The van der Waals surface area contributed by atoms with Gasteiger partial charge in [-0.1, -0.05) is 48.0 Å². The number of rotatable bonds is 5. The molecule has 0 aliphatic heterocycles. The highest BCUT2D eigenvalue weighted by Gasteiger charge is 2.05. The predicted octanol–water partition coefficient (Wildman–Crippen LogP) is 6.25. The van der Waals surface area contributed by atoms with E-state index in [4.69, 9.17) is 0 Å². The Labute approximate surface area is 165 Å². The van der Waals surface area contributed by atoms with Gasteiger partial charge in [0.1, 0.15) is 11.6 Å². The molecule has 0 unspecified atom stereocenters. The van der Waals surface area contributed by atoms with Gasteiger partial charge in [-0.15, -0.1) is 0 Å². The lowest BCUT2D eigenvalue weighted by atomic mass is 10.1. The molecule has 0 amide bonds. The van der Waals surface area contributed by atoms with Gasteiger partial charge in [0.15, 0.2) is 0 Å². The average molecular weight is 366 g/mol. The number of para-hydroxylation sites is 1. The maximum atomic E-state index is 4.58. The highest BCUT2D eigenvalue weighted by molar-refractivity contribution is 5.68. The van der Waals surface area contributed by atoms with E-state index in [-0.39, 0.29) is 0 Å². The van der Waals surface area contributed by atoms with Crippen molar-refractivity contribution >= 4 is 22.9 Å². The number of hydrogen-bond donors (Lipinski definition) is 2. The molecule has 0 spiro atoms. The van der Waals surface area contributed by atoms with E-state index in [1.54, 1.807) is 0 Å². The molecule has 4 heteroatoms. The molecular weight excluding hydrogens is 344 g/mol. The van der Waals surface area contributed by atoms with Gasteiger partial charge in [0.2, 0.25) is 0 Å². The largest absolute Gasteiger partial charge is 0.356 e. The molecule has 4 rings (SSSR count). The molecule has 28 heavy (non-hydrogen) atoms. The van der Waals surface area contributed by atoms with Crippen LogP contribution in [0.4, 0.5) is 22.9 Å². The molecule has 0 atom stereocenters. The Hall–Kier alpha value is -3.66. The minimum Gasteiger partial charge on any atom is -0.356 e. The second kappa shape index (κ2) is 7.92. The Kier molecular flexibility index (Phi) is 5.02. The molecule has 0 radical (unpaired) electrons. The Bertz CT molecular complexity index is 1060. The Balaban J connectivity index is 1.51. The molecule has 0 bridgehead atoms. The smallest absolute Gasteiger partial charge is 0.134 e. The molecule has 0 aliphatic carbocycles. The standard InChI is InChI=1S/C24H22N4/c1-17-8-10-19(11-9-17)23-16-24(26-18(2)25-23)28-22-14-12-21(13-15-22)27-20-6-4-3-5-7-20/h3-16,27H,1-2H3,(H,25,26,28). The number of hydrogen-bond acceptors (Lipinski definition) is 4. The third-order valence-electron chi connectivity index (χ3n) is 4.41. The summed E-state index contributed by atoms with van der Waals surface area (Å²) in [7, 11) is 0. The van der Waals surface area contributed by atoms with Crippen molar-refractivity contribution in [3.63, 3.8) is 0 Å². The van der Waals surface area contributed by atoms with Crippen molar-refractivity contribution in [2.45, 2.75) is 13.8 Å². The van der Waals surface area contributed by atoms with Crippen molar-refractivity contribution in [3.05, 3.63) is 96.3 Å². The number of benzene rings is 3. The zero-order chi connectivity index (χ0) is 19.3. The SMILES string of the molecule is Cc1ccc(-c2cc(Nc3ccc(Nc4ccccc4)cc3)nc(C)n2)cc1. The van der Waals surface area contributed by atoms with Gasteiger partial charge in [0.25, 0.3) is 0 Å². The van der Waals surface area contributed by atoms with Crippen LogP contribution in [0.1, 0.15) is 11.4 Å². The third-order valence-corrected chi connectivity index (χ3v) is 4.41. The first-order chi connectivity index (χ1) is 13.7. The lowest BCUT2D eigenvalue weighted by Crippen LogP contribution is -1.99. The second-order valence-electron chi connectivity index (χ2n) is 6.75. The van der Waals surface area contributed by atoms with Crippen molar-refractivity contribution in [1.29, 1.82) is 0 Å². The maximum Gasteiger partial charge on any atom is 0.134 e. The van der Waals surface area contributed by atoms with Crippen molar-refractivity contribution in [3.8, 4) is 11.3 Å². The fourth-order valence-corrected chi connectivity index (χ4v) is 2.98. The normalized spacial score (nSPS) is 10.5. The molecule has 4 aromatic rings. The van der Waals surface area contributed by atoms with Crippen molar-refractivity contribution in [1.82, 2.24) is 9.97 Å². The average Bonchev–Trinajstić information content (AvgIpc) is 2.70. The molecule has 0 saturated heterocycles. The number of anilines is 4. The summed E-state index contributed by atoms with van der Waals surface area (Å²) in [4.78, 5) is 9.10. The molecule has 4 nitrogen and oxygen atoms in total. The monoisotopic (exact) mass is 366 g/mol. The summed E-state index contributed by atoms with van der Waals surface area (Å²) in [5.41, 5.74) is 6.32. The summed E-state index contributed by atoms with van der Waals surface area (Å²) >= 11 is 0. The van der Waals surface area contributed by atoms with E-state index in [1.807, 2.05) is 67.6 Å². The summed E-state index contributed by atoms with van der Waals surface area (Å²) in [5.74, 6) is 1.52. The van der Waals surface area contributed by atoms with E-state index < -0.39 is 0 Å². The summed E-state index contributed by atoms with van der Waals surface area (Å²) in [6.07, 6.45) is 0. The molecule has 138 valence electrons. The lowest BCUT2D eigenvalue weighted by Gasteiger charge is -2.11. The van der Waals surface area contributed by atoms with E-state index in [2.05, 4.69) is 51.8 Å². The third kappa shape index (κ3) is 4.35. The van der Waals surface area contributed by atoms with Gasteiger partial charge in [-0.2, -0.15) is 0 Å². The van der Waals surface area contributed by atoms with Gasteiger partial charge in [0, 0.05) is 28.7 Å². The van der Waals surface area contributed by atoms with Gasteiger partial charge in [-0.05, 0) is 50.2 Å². The van der Waals surface area contributed by atoms with Crippen LogP contribution >= 0.6 is 0 Å². The van der Waals surface area contributed by atoms with E-state index in [9.17, 15) is 0 Å². The Morgan fingerprint density at radius 3 is 1.89 bits per heavy atom. The predicted molar refractivity (Wildman–Crippen MR) is 116 cm³/mol. The van der Waals surface area contributed by atoms with Gasteiger partial charge in [-0.25, -0.2) is 9.97 Å². The van der Waals surface area contributed by atoms with E-state index >= 15 is 0 Å². The highest BCUT2D eigenvalue weighted by Crippen LogP contribution is 2.24. The van der Waals surface area contributed by atoms with Crippen LogP contribution in [0, 0.1) is 13.8 Å². The van der Waals surface area contributed by atoms with Crippen LogP contribution in [-0.2, 0) is 0 Å². The first kappa shape index (κ1) is 17.7. The zero-order valence-electron chi connectivity index (χ0n) is 16.0. The van der Waals surface area contributed by atoms with Crippen molar-refractivity contribution < 1.29 is 0 Å². The summed E-state index contributed by atoms with van der Waals surface area (Å²) in [6.45, 7) is 3.99. The van der Waals surface area contributed by atoms with E-state index in [0.717, 1.165) is 40.0 Å². The maximum absolute atomic E-state index is 4.58. The minimum absolute atomic E-state index is 0.739. The first-order valence-electron chi connectivity index (χ1n) is 9.28. The molecule has 1 heterocycles. The Morgan fingerprint density at radius 1 is 0.607 bits per heavy atom. The van der Waals surface area contributed by atoms with Crippen LogP contribution in [0.15, 0.2) is 84.9 Å². The Morgan fingerprint density at radius 2 is 1.21 bits per heavy atom.